The highest BCUT2D eigenvalue weighted by Gasteiger charge is 2.15. The molecule has 0 aromatic carbocycles. The number of terminal acetylenes is 1. The molecule has 0 atom stereocenters. The molecular formula is C12H10N4S. The van der Waals surface area contributed by atoms with Gasteiger partial charge in [0, 0.05) is 7.05 Å². The van der Waals surface area contributed by atoms with Crippen LogP contribution in [-0.2, 0) is 0 Å². The first-order chi connectivity index (χ1) is 8.19. The Morgan fingerprint density at radius 3 is 2.94 bits per heavy atom. The van der Waals surface area contributed by atoms with Gasteiger partial charge in [-0.15, -0.1) is 17.8 Å². The van der Waals surface area contributed by atoms with E-state index in [9.17, 15) is 0 Å². The number of aryl methyl sites for hydroxylation is 1. The first-order valence-corrected chi connectivity index (χ1v) is 5.79. The van der Waals surface area contributed by atoms with E-state index in [0.29, 0.717) is 11.4 Å². The van der Waals surface area contributed by atoms with E-state index in [0.717, 1.165) is 21.6 Å². The quantitative estimate of drug-likeness (QED) is 0.755. The molecular weight excluding hydrogens is 232 g/mol. The fraction of sp³-hybridized carbons (Fsp3) is 0.250. The lowest BCUT2D eigenvalue weighted by molar-refractivity contribution is 1.01. The van der Waals surface area contributed by atoms with Crippen LogP contribution in [0.5, 0.6) is 0 Å². The van der Waals surface area contributed by atoms with Gasteiger partial charge in [-0.05, 0) is 12.5 Å². The minimum atomic E-state index is 0.475. The van der Waals surface area contributed by atoms with Crippen LogP contribution < -0.4 is 4.90 Å². The Bertz CT molecular complexity index is 645. The van der Waals surface area contributed by atoms with Crippen LogP contribution in [0.25, 0.3) is 10.2 Å². The van der Waals surface area contributed by atoms with Crippen molar-refractivity contribution in [3.8, 4) is 18.4 Å². The molecule has 84 valence electrons. The van der Waals surface area contributed by atoms with E-state index in [-0.39, 0.29) is 0 Å². The minimum absolute atomic E-state index is 0.475. The van der Waals surface area contributed by atoms with Crippen molar-refractivity contribution in [3.63, 3.8) is 0 Å². The lowest BCUT2D eigenvalue weighted by atomic mass is 10.2. The number of rotatable bonds is 2. The molecule has 17 heavy (non-hydrogen) atoms. The van der Waals surface area contributed by atoms with Gasteiger partial charge in [0.2, 0.25) is 0 Å². The van der Waals surface area contributed by atoms with Crippen molar-refractivity contribution in [2.24, 2.45) is 0 Å². The van der Waals surface area contributed by atoms with Gasteiger partial charge in [-0.25, -0.2) is 9.97 Å². The maximum absolute atomic E-state index is 9.02. The largest absolute Gasteiger partial charge is 0.348 e. The van der Waals surface area contributed by atoms with Crippen molar-refractivity contribution in [2.45, 2.75) is 6.92 Å². The summed E-state index contributed by atoms with van der Waals surface area (Å²) >= 11 is 1.38. The molecule has 0 N–H and O–H groups in total. The van der Waals surface area contributed by atoms with Gasteiger partial charge in [-0.3, -0.25) is 0 Å². The van der Waals surface area contributed by atoms with E-state index in [1.54, 1.807) is 0 Å². The predicted molar refractivity (Wildman–Crippen MR) is 69.0 cm³/mol. The number of thiophene rings is 1. The number of hydrogen-bond donors (Lipinski definition) is 0. The average Bonchev–Trinajstić information content (AvgIpc) is 2.66. The summed E-state index contributed by atoms with van der Waals surface area (Å²) in [7, 11) is 1.88. The maximum atomic E-state index is 9.02. The molecule has 0 saturated heterocycles. The van der Waals surface area contributed by atoms with E-state index in [1.807, 2.05) is 18.9 Å². The summed E-state index contributed by atoms with van der Waals surface area (Å²) in [6.45, 7) is 2.39. The van der Waals surface area contributed by atoms with Crippen LogP contribution in [0.15, 0.2) is 6.33 Å². The Morgan fingerprint density at radius 1 is 1.53 bits per heavy atom. The van der Waals surface area contributed by atoms with Crippen molar-refractivity contribution >= 4 is 27.4 Å². The lowest BCUT2D eigenvalue weighted by Gasteiger charge is -2.15. The number of hydrogen-bond acceptors (Lipinski definition) is 5. The van der Waals surface area contributed by atoms with Crippen molar-refractivity contribution < 1.29 is 0 Å². The van der Waals surface area contributed by atoms with Gasteiger partial charge in [0.05, 0.1) is 11.9 Å². The number of fused-ring (bicyclic) bond motifs is 1. The Hall–Kier alpha value is -2.11. The van der Waals surface area contributed by atoms with Crippen LogP contribution in [0, 0.1) is 30.6 Å². The number of anilines is 1. The fourth-order valence-corrected chi connectivity index (χ4v) is 2.60. The van der Waals surface area contributed by atoms with Crippen molar-refractivity contribution in [1.82, 2.24) is 9.97 Å². The summed E-state index contributed by atoms with van der Waals surface area (Å²) in [4.78, 5) is 11.8. The van der Waals surface area contributed by atoms with Gasteiger partial charge in [0.1, 0.15) is 27.9 Å². The van der Waals surface area contributed by atoms with E-state index in [2.05, 4.69) is 22.0 Å². The SMILES string of the molecule is C#CCN(C)c1ncnc2sc(C#N)c(C)c12. The van der Waals surface area contributed by atoms with Crippen LogP contribution in [0.3, 0.4) is 0 Å². The Labute approximate surface area is 104 Å². The van der Waals surface area contributed by atoms with Crippen molar-refractivity contribution in [1.29, 1.82) is 5.26 Å². The minimum Gasteiger partial charge on any atom is -0.348 e. The summed E-state index contributed by atoms with van der Waals surface area (Å²) < 4.78 is 0. The van der Waals surface area contributed by atoms with Gasteiger partial charge in [-0.1, -0.05) is 5.92 Å². The maximum Gasteiger partial charge on any atom is 0.141 e. The monoisotopic (exact) mass is 242 g/mol. The van der Waals surface area contributed by atoms with Crippen LogP contribution in [0.4, 0.5) is 5.82 Å². The zero-order chi connectivity index (χ0) is 12.4. The topological polar surface area (TPSA) is 52.8 Å². The summed E-state index contributed by atoms with van der Waals surface area (Å²) in [5.74, 6) is 3.36. The molecule has 0 aliphatic heterocycles. The summed E-state index contributed by atoms with van der Waals surface area (Å²) in [5.41, 5.74) is 0.923. The van der Waals surface area contributed by atoms with E-state index < -0.39 is 0 Å². The molecule has 0 amide bonds. The number of aromatic nitrogens is 2. The predicted octanol–water partition coefficient (Wildman–Crippen LogP) is 1.94. The highest BCUT2D eigenvalue weighted by molar-refractivity contribution is 7.19. The normalized spacial score (nSPS) is 9.88. The zero-order valence-electron chi connectivity index (χ0n) is 9.56. The summed E-state index contributed by atoms with van der Waals surface area (Å²) in [6, 6.07) is 2.17. The molecule has 0 bridgehead atoms. The molecule has 0 radical (unpaired) electrons. The zero-order valence-corrected chi connectivity index (χ0v) is 10.4. The van der Waals surface area contributed by atoms with Gasteiger partial charge < -0.3 is 4.90 Å². The average molecular weight is 242 g/mol. The molecule has 4 nitrogen and oxygen atoms in total. The molecule has 0 saturated carbocycles. The smallest absolute Gasteiger partial charge is 0.141 e. The molecule has 2 rings (SSSR count). The Kier molecular flexibility index (Phi) is 2.95. The molecule has 0 spiro atoms. The number of nitrogens with zero attached hydrogens (tertiary/aromatic N) is 4. The highest BCUT2D eigenvalue weighted by atomic mass is 32.1. The Balaban J connectivity index is 2.70. The summed E-state index contributed by atoms with van der Waals surface area (Å²) in [6.07, 6.45) is 6.80. The van der Waals surface area contributed by atoms with Crippen molar-refractivity contribution in [2.75, 3.05) is 18.5 Å². The van der Waals surface area contributed by atoms with Gasteiger partial charge >= 0.3 is 0 Å². The van der Waals surface area contributed by atoms with Crippen LogP contribution in [0.2, 0.25) is 0 Å². The first kappa shape index (κ1) is 11.4. The fourth-order valence-electron chi connectivity index (χ4n) is 1.66. The van der Waals surface area contributed by atoms with Gasteiger partial charge in [0.15, 0.2) is 0 Å². The standard InChI is InChI=1S/C12H10N4S/c1-4-5-16(3)11-10-8(2)9(6-13)17-12(10)15-7-14-11/h1,7H,5H2,2-3H3. The number of nitriles is 1. The molecule has 0 fully saturated rings. The highest BCUT2D eigenvalue weighted by Crippen LogP contribution is 2.33. The first-order valence-electron chi connectivity index (χ1n) is 4.97. The second-order valence-electron chi connectivity index (χ2n) is 3.61. The van der Waals surface area contributed by atoms with Crippen molar-refractivity contribution in [3.05, 3.63) is 16.8 Å². The van der Waals surface area contributed by atoms with Gasteiger partial charge in [-0.2, -0.15) is 5.26 Å². The molecule has 0 unspecified atom stereocenters. The Morgan fingerprint density at radius 2 is 2.29 bits per heavy atom. The molecule has 2 aromatic rings. The molecule has 0 aliphatic carbocycles. The second kappa shape index (κ2) is 4.40. The van der Waals surface area contributed by atoms with E-state index >= 15 is 0 Å². The third-order valence-corrected chi connectivity index (χ3v) is 3.60. The molecule has 5 heteroatoms. The third kappa shape index (κ3) is 1.82. The summed E-state index contributed by atoms with van der Waals surface area (Å²) in [5, 5.41) is 9.94. The van der Waals surface area contributed by atoms with Crippen LogP contribution in [0.1, 0.15) is 10.4 Å². The lowest BCUT2D eigenvalue weighted by Crippen LogP contribution is -2.18. The van der Waals surface area contributed by atoms with E-state index in [1.165, 1.54) is 17.7 Å². The second-order valence-corrected chi connectivity index (χ2v) is 4.60. The van der Waals surface area contributed by atoms with E-state index in [4.69, 9.17) is 11.7 Å². The molecule has 0 aliphatic rings. The molecule has 2 heterocycles. The third-order valence-electron chi connectivity index (χ3n) is 2.50. The van der Waals surface area contributed by atoms with Gasteiger partial charge in [0.25, 0.3) is 0 Å². The van der Waals surface area contributed by atoms with Crippen LogP contribution >= 0.6 is 11.3 Å². The van der Waals surface area contributed by atoms with Crippen LogP contribution in [-0.4, -0.2) is 23.6 Å². The molecule has 2 aromatic heterocycles.